The average molecular weight is 268 g/mol. The van der Waals surface area contributed by atoms with E-state index in [9.17, 15) is 23.7 Å². The zero-order valence-electron chi connectivity index (χ0n) is 10.00. The maximum Gasteiger partial charge on any atom is 0.320 e. The molecule has 0 saturated carbocycles. The second-order valence-corrected chi connectivity index (χ2v) is 3.58. The van der Waals surface area contributed by atoms with Crippen molar-refractivity contribution in [1.82, 2.24) is 5.32 Å². The van der Waals surface area contributed by atoms with Crippen molar-refractivity contribution in [3.8, 4) is 11.8 Å². The Morgan fingerprint density at radius 3 is 2.74 bits per heavy atom. The molecule has 0 aromatic heterocycles. The van der Waals surface area contributed by atoms with Crippen molar-refractivity contribution in [3.05, 3.63) is 39.4 Å². The van der Waals surface area contributed by atoms with Crippen molar-refractivity contribution in [2.24, 2.45) is 0 Å². The number of benzene rings is 1. The van der Waals surface area contributed by atoms with Gasteiger partial charge >= 0.3 is 5.69 Å². The number of halogens is 2. The Balaban J connectivity index is 2.91. The molecule has 0 heterocycles. The topological polar surface area (TPSA) is 72.2 Å². The number of rotatable bonds is 3. The van der Waals surface area contributed by atoms with Gasteiger partial charge < -0.3 is 5.32 Å². The summed E-state index contributed by atoms with van der Waals surface area (Å²) >= 11 is 0. The first-order valence-corrected chi connectivity index (χ1v) is 5.28. The maximum absolute atomic E-state index is 13.2. The molecule has 0 bridgehead atoms. The third kappa shape index (κ3) is 4.35. The van der Waals surface area contributed by atoms with Crippen molar-refractivity contribution in [3.63, 3.8) is 0 Å². The number of carbonyl (C=O) groups is 1. The lowest BCUT2D eigenvalue weighted by molar-refractivity contribution is -0.387. The first-order chi connectivity index (χ1) is 8.91. The fourth-order valence-electron chi connectivity index (χ4n) is 1.31. The first kappa shape index (κ1) is 14.6. The summed E-state index contributed by atoms with van der Waals surface area (Å²) in [4.78, 5) is 20.3. The van der Waals surface area contributed by atoms with Gasteiger partial charge in [-0.3, -0.25) is 14.9 Å². The van der Waals surface area contributed by atoms with Crippen LogP contribution in [0.4, 0.5) is 14.5 Å². The predicted octanol–water partition coefficient (Wildman–Crippen LogP) is 1.75. The summed E-state index contributed by atoms with van der Waals surface area (Å²) in [6, 6.07) is 1.23. The fourth-order valence-corrected chi connectivity index (χ4v) is 1.31. The molecule has 19 heavy (non-hydrogen) atoms. The molecule has 0 unspecified atom stereocenters. The normalized spacial score (nSPS) is 9.42. The molecule has 100 valence electrons. The zero-order chi connectivity index (χ0) is 14.4. The van der Waals surface area contributed by atoms with Crippen LogP contribution in [-0.2, 0) is 4.79 Å². The Morgan fingerprint density at radius 1 is 1.47 bits per heavy atom. The number of hydrogen-bond donors (Lipinski definition) is 1. The Morgan fingerprint density at radius 2 is 2.16 bits per heavy atom. The second-order valence-electron chi connectivity index (χ2n) is 3.58. The van der Waals surface area contributed by atoms with Gasteiger partial charge in [0.05, 0.1) is 4.92 Å². The van der Waals surface area contributed by atoms with Crippen LogP contribution in [0.3, 0.4) is 0 Å². The number of carbonyl (C=O) groups excluding carboxylic acids is 1. The number of nitrogens with one attached hydrogen (secondary N) is 1. The molecule has 7 heteroatoms. The molecule has 0 aliphatic heterocycles. The number of hydrogen-bond acceptors (Lipinski definition) is 3. The Labute approximate surface area is 107 Å². The number of nitro groups is 1. The minimum Gasteiger partial charge on any atom is -0.355 e. The lowest BCUT2D eigenvalue weighted by Gasteiger charge is -1.98. The number of nitro benzene ring substituents is 1. The third-order valence-electron chi connectivity index (χ3n) is 2.06. The SMILES string of the molecule is CC(=O)NCCC#Cc1cc(F)cc(F)c1[N+](=O)[O-]. The van der Waals surface area contributed by atoms with E-state index in [0.717, 1.165) is 6.07 Å². The summed E-state index contributed by atoms with van der Waals surface area (Å²) in [7, 11) is 0. The molecule has 1 rings (SSSR count). The molecule has 1 aromatic carbocycles. The largest absolute Gasteiger partial charge is 0.355 e. The van der Waals surface area contributed by atoms with Crippen LogP contribution in [0.5, 0.6) is 0 Å². The van der Waals surface area contributed by atoms with Gasteiger partial charge in [-0.1, -0.05) is 11.8 Å². The summed E-state index contributed by atoms with van der Waals surface area (Å²) in [5, 5.41) is 13.1. The standard InChI is InChI=1S/C12H10F2N2O3/c1-8(17)15-5-3-2-4-9-6-10(13)7-11(14)12(9)16(18)19/h6-7H,3,5H2,1H3,(H,15,17). The van der Waals surface area contributed by atoms with Crippen molar-refractivity contribution >= 4 is 11.6 Å². The molecule has 1 N–H and O–H groups in total. The number of amides is 1. The van der Waals surface area contributed by atoms with E-state index in [1.54, 1.807) is 0 Å². The van der Waals surface area contributed by atoms with Crippen LogP contribution in [0.1, 0.15) is 18.9 Å². The van der Waals surface area contributed by atoms with Crippen LogP contribution >= 0.6 is 0 Å². The smallest absolute Gasteiger partial charge is 0.320 e. The van der Waals surface area contributed by atoms with E-state index in [2.05, 4.69) is 17.2 Å². The predicted molar refractivity (Wildman–Crippen MR) is 63.2 cm³/mol. The van der Waals surface area contributed by atoms with Gasteiger partial charge in [0, 0.05) is 26.0 Å². The molecule has 0 atom stereocenters. The lowest BCUT2D eigenvalue weighted by atomic mass is 10.1. The summed E-state index contributed by atoms with van der Waals surface area (Å²) in [5.41, 5.74) is -1.18. The van der Waals surface area contributed by atoms with E-state index in [1.165, 1.54) is 6.92 Å². The molecule has 0 aliphatic rings. The van der Waals surface area contributed by atoms with Crippen molar-refractivity contribution in [1.29, 1.82) is 0 Å². The van der Waals surface area contributed by atoms with E-state index in [0.29, 0.717) is 6.07 Å². The Bertz CT molecular complexity index is 576. The van der Waals surface area contributed by atoms with Crippen LogP contribution in [0.25, 0.3) is 0 Å². The molecule has 0 spiro atoms. The highest BCUT2D eigenvalue weighted by molar-refractivity contribution is 5.72. The second kappa shape index (κ2) is 6.44. The van der Waals surface area contributed by atoms with Crippen LogP contribution in [0.15, 0.2) is 12.1 Å². The first-order valence-electron chi connectivity index (χ1n) is 5.28. The van der Waals surface area contributed by atoms with E-state index in [4.69, 9.17) is 0 Å². The summed E-state index contributed by atoms with van der Waals surface area (Å²) in [6.07, 6.45) is 0.217. The molecule has 1 amide bonds. The highest BCUT2D eigenvalue weighted by atomic mass is 19.1. The van der Waals surface area contributed by atoms with Gasteiger partial charge in [-0.15, -0.1) is 0 Å². The zero-order valence-corrected chi connectivity index (χ0v) is 10.00. The van der Waals surface area contributed by atoms with Gasteiger partial charge in [0.15, 0.2) is 0 Å². The van der Waals surface area contributed by atoms with Crippen LogP contribution in [0, 0.1) is 33.6 Å². The fraction of sp³-hybridized carbons (Fsp3) is 0.250. The highest BCUT2D eigenvalue weighted by Gasteiger charge is 2.20. The Kier molecular flexibility index (Phi) is 4.94. The van der Waals surface area contributed by atoms with Gasteiger partial charge in [0.2, 0.25) is 11.7 Å². The Hall–Kier alpha value is -2.49. The third-order valence-corrected chi connectivity index (χ3v) is 2.06. The quantitative estimate of drug-likeness (QED) is 0.393. The maximum atomic E-state index is 13.2. The van der Waals surface area contributed by atoms with Gasteiger partial charge in [-0.25, -0.2) is 4.39 Å². The highest BCUT2D eigenvalue weighted by Crippen LogP contribution is 2.23. The molecule has 0 aliphatic carbocycles. The molecule has 0 fully saturated rings. The van der Waals surface area contributed by atoms with Crippen LogP contribution in [0.2, 0.25) is 0 Å². The van der Waals surface area contributed by atoms with Crippen molar-refractivity contribution in [2.45, 2.75) is 13.3 Å². The van der Waals surface area contributed by atoms with Gasteiger partial charge in [-0.2, -0.15) is 4.39 Å². The van der Waals surface area contributed by atoms with Crippen LogP contribution < -0.4 is 5.32 Å². The lowest BCUT2D eigenvalue weighted by Crippen LogP contribution is -2.20. The van der Waals surface area contributed by atoms with E-state index >= 15 is 0 Å². The van der Waals surface area contributed by atoms with E-state index in [1.807, 2.05) is 0 Å². The summed E-state index contributed by atoms with van der Waals surface area (Å²) in [5.74, 6) is 2.40. The van der Waals surface area contributed by atoms with Crippen molar-refractivity contribution < 1.29 is 18.5 Å². The van der Waals surface area contributed by atoms with Crippen molar-refractivity contribution in [2.75, 3.05) is 6.54 Å². The molecular formula is C12H10F2N2O3. The van der Waals surface area contributed by atoms with Crippen LogP contribution in [-0.4, -0.2) is 17.4 Å². The van der Waals surface area contributed by atoms with Gasteiger partial charge in [0.25, 0.3) is 0 Å². The molecular weight excluding hydrogens is 258 g/mol. The number of nitrogens with zero attached hydrogens (tertiary/aromatic N) is 1. The molecule has 1 aromatic rings. The summed E-state index contributed by atoms with van der Waals surface area (Å²) < 4.78 is 26.2. The monoisotopic (exact) mass is 268 g/mol. The molecule has 0 saturated heterocycles. The average Bonchev–Trinajstić information content (AvgIpc) is 2.26. The molecule has 5 nitrogen and oxygen atoms in total. The van der Waals surface area contributed by atoms with Gasteiger partial charge in [-0.05, 0) is 6.07 Å². The summed E-state index contributed by atoms with van der Waals surface area (Å²) in [6.45, 7) is 1.59. The van der Waals surface area contributed by atoms with E-state index in [-0.39, 0.29) is 24.4 Å². The van der Waals surface area contributed by atoms with E-state index < -0.39 is 22.2 Å². The van der Waals surface area contributed by atoms with Gasteiger partial charge in [0.1, 0.15) is 11.4 Å². The molecule has 0 radical (unpaired) electrons. The minimum atomic E-state index is -1.27. The minimum absolute atomic E-state index is 0.217.